The lowest BCUT2D eigenvalue weighted by molar-refractivity contribution is 0.160. The number of urea groups is 1. The average molecular weight is 230 g/mol. The van der Waals surface area contributed by atoms with Crippen molar-refractivity contribution in [2.75, 3.05) is 13.1 Å². The van der Waals surface area contributed by atoms with Crippen molar-refractivity contribution in [2.24, 2.45) is 5.92 Å². The van der Waals surface area contributed by atoms with Gasteiger partial charge in [-0.3, -0.25) is 0 Å². The first-order chi connectivity index (χ1) is 7.56. The number of hydrogen-bond donors (Lipinski definition) is 3. The summed E-state index contributed by atoms with van der Waals surface area (Å²) in [4.78, 5) is 11.3. The Morgan fingerprint density at radius 2 is 1.81 bits per heavy atom. The molecule has 0 aliphatic rings. The van der Waals surface area contributed by atoms with Crippen molar-refractivity contribution in [3.63, 3.8) is 0 Å². The van der Waals surface area contributed by atoms with Crippen LogP contribution in [-0.4, -0.2) is 30.3 Å². The Kier molecular flexibility index (Phi) is 9.00. The number of nitrogens with one attached hydrogen (secondary N) is 2. The van der Waals surface area contributed by atoms with Gasteiger partial charge in [-0.25, -0.2) is 4.79 Å². The quantitative estimate of drug-likeness (QED) is 0.558. The van der Waals surface area contributed by atoms with Gasteiger partial charge in [0.25, 0.3) is 0 Å². The van der Waals surface area contributed by atoms with Crippen LogP contribution in [0.2, 0.25) is 0 Å². The molecule has 4 nitrogen and oxygen atoms in total. The molecular weight excluding hydrogens is 204 g/mol. The highest BCUT2D eigenvalue weighted by Crippen LogP contribution is 2.01. The first-order valence-corrected chi connectivity index (χ1v) is 6.26. The fraction of sp³-hybridized carbons (Fsp3) is 0.917. The van der Waals surface area contributed by atoms with E-state index in [0.29, 0.717) is 18.9 Å². The minimum Gasteiger partial charge on any atom is -0.393 e. The van der Waals surface area contributed by atoms with Gasteiger partial charge < -0.3 is 15.7 Å². The first-order valence-electron chi connectivity index (χ1n) is 6.26. The number of rotatable bonds is 8. The molecule has 0 fully saturated rings. The number of hydrogen-bond acceptors (Lipinski definition) is 2. The van der Waals surface area contributed by atoms with Crippen LogP contribution in [0.15, 0.2) is 0 Å². The van der Waals surface area contributed by atoms with Crippen molar-refractivity contribution < 1.29 is 9.90 Å². The topological polar surface area (TPSA) is 61.4 Å². The standard InChI is InChI=1S/C12H26N2O2/c1-4-11(15)7-9-14-12(16)13-8-5-6-10(2)3/h10-11,15H,4-9H2,1-3H3,(H2,13,14,16). The maximum absolute atomic E-state index is 11.3. The minimum atomic E-state index is -0.304. The number of amides is 2. The third kappa shape index (κ3) is 9.77. The molecule has 0 aromatic heterocycles. The Hall–Kier alpha value is -0.770. The summed E-state index contributed by atoms with van der Waals surface area (Å²) in [5.41, 5.74) is 0. The zero-order valence-electron chi connectivity index (χ0n) is 10.8. The molecule has 4 heteroatoms. The van der Waals surface area contributed by atoms with E-state index in [2.05, 4.69) is 24.5 Å². The Bertz CT molecular complexity index is 184. The zero-order chi connectivity index (χ0) is 12.4. The van der Waals surface area contributed by atoms with Crippen molar-refractivity contribution in [1.82, 2.24) is 10.6 Å². The molecule has 1 atom stereocenters. The molecule has 2 amide bonds. The first kappa shape index (κ1) is 15.2. The molecular formula is C12H26N2O2. The second kappa shape index (κ2) is 9.46. The van der Waals surface area contributed by atoms with E-state index >= 15 is 0 Å². The summed E-state index contributed by atoms with van der Waals surface area (Å²) in [6.45, 7) is 7.53. The third-order valence-corrected chi connectivity index (χ3v) is 2.48. The second-order valence-electron chi connectivity index (χ2n) is 4.57. The molecule has 0 radical (unpaired) electrons. The van der Waals surface area contributed by atoms with Gasteiger partial charge in [0.15, 0.2) is 0 Å². The lowest BCUT2D eigenvalue weighted by Crippen LogP contribution is -2.37. The SMILES string of the molecule is CCC(O)CCNC(=O)NCCCC(C)C. The summed E-state index contributed by atoms with van der Waals surface area (Å²) < 4.78 is 0. The van der Waals surface area contributed by atoms with E-state index in [1.807, 2.05) is 6.92 Å². The van der Waals surface area contributed by atoms with Gasteiger partial charge in [0.2, 0.25) is 0 Å². The van der Waals surface area contributed by atoms with E-state index in [1.54, 1.807) is 0 Å². The third-order valence-electron chi connectivity index (χ3n) is 2.48. The molecule has 0 rings (SSSR count). The molecule has 96 valence electrons. The number of aliphatic hydroxyl groups excluding tert-OH is 1. The van der Waals surface area contributed by atoms with Gasteiger partial charge in [-0.1, -0.05) is 20.8 Å². The molecule has 0 spiro atoms. The Labute approximate surface area is 98.8 Å². The Morgan fingerprint density at radius 3 is 2.38 bits per heavy atom. The molecule has 0 bridgehead atoms. The highest BCUT2D eigenvalue weighted by Gasteiger charge is 2.02. The zero-order valence-corrected chi connectivity index (χ0v) is 10.8. The lowest BCUT2D eigenvalue weighted by atomic mass is 10.1. The molecule has 0 saturated heterocycles. The van der Waals surface area contributed by atoms with Crippen LogP contribution >= 0.6 is 0 Å². The van der Waals surface area contributed by atoms with Gasteiger partial charge in [-0.05, 0) is 31.6 Å². The van der Waals surface area contributed by atoms with Gasteiger partial charge in [0.1, 0.15) is 0 Å². The second-order valence-corrected chi connectivity index (χ2v) is 4.57. The van der Waals surface area contributed by atoms with E-state index in [1.165, 1.54) is 0 Å². The van der Waals surface area contributed by atoms with E-state index in [4.69, 9.17) is 0 Å². The molecule has 3 N–H and O–H groups in total. The van der Waals surface area contributed by atoms with Crippen molar-refractivity contribution in [2.45, 2.75) is 52.6 Å². The van der Waals surface area contributed by atoms with Crippen molar-refractivity contribution in [3.8, 4) is 0 Å². The predicted molar refractivity (Wildman–Crippen MR) is 66.4 cm³/mol. The van der Waals surface area contributed by atoms with E-state index in [9.17, 15) is 9.90 Å². The van der Waals surface area contributed by atoms with E-state index < -0.39 is 0 Å². The van der Waals surface area contributed by atoms with Crippen LogP contribution in [-0.2, 0) is 0 Å². The minimum absolute atomic E-state index is 0.132. The van der Waals surface area contributed by atoms with Crippen LogP contribution in [0.1, 0.15) is 46.5 Å². The van der Waals surface area contributed by atoms with Crippen molar-refractivity contribution >= 4 is 6.03 Å². The van der Waals surface area contributed by atoms with Gasteiger partial charge in [-0.2, -0.15) is 0 Å². The Balaban J connectivity index is 3.31. The van der Waals surface area contributed by atoms with Crippen molar-refractivity contribution in [3.05, 3.63) is 0 Å². The summed E-state index contributed by atoms with van der Waals surface area (Å²) in [5, 5.41) is 14.8. The number of carbonyl (C=O) groups is 1. The van der Waals surface area contributed by atoms with Gasteiger partial charge >= 0.3 is 6.03 Å². The number of aliphatic hydroxyl groups is 1. The van der Waals surface area contributed by atoms with Crippen LogP contribution in [0.3, 0.4) is 0 Å². The highest BCUT2D eigenvalue weighted by molar-refractivity contribution is 5.73. The molecule has 0 heterocycles. The molecule has 0 aromatic rings. The van der Waals surface area contributed by atoms with Gasteiger partial charge in [0.05, 0.1) is 6.10 Å². The summed E-state index contributed by atoms with van der Waals surface area (Å²) in [6.07, 6.45) is 3.20. The largest absolute Gasteiger partial charge is 0.393 e. The maximum Gasteiger partial charge on any atom is 0.314 e. The van der Waals surface area contributed by atoms with Crippen LogP contribution in [0.4, 0.5) is 4.79 Å². The van der Waals surface area contributed by atoms with Crippen molar-refractivity contribution in [1.29, 1.82) is 0 Å². The summed E-state index contributed by atoms with van der Waals surface area (Å²) >= 11 is 0. The molecule has 0 aliphatic heterocycles. The van der Waals surface area contributed by atoms with Gasteiger partial charge in [0, 0.05) is 13.1 Å². The fourth-order valence-corrected chi connectivity index (χ4v) is 1.33. The summed E-state index contributed by atoms with van der Waals surface area (Å²) in [5.74, 6) is 0.685. The molecule has 0 aliphatic carbocycles. The Morgan fingerprint density at radius 1 is 1.19 bits per heavy atom. The molecule has 1 unspecified atom stereocenters. The van der Waals surface area contributed by atoms with E-state index in [-0.39, 0.29) is 12.1 Å². The molecule has 0 aromatic carbocycles. The highest BCUT2D eigenvalue weighted by atomic mass is 16.3. The van der Waals surface area contributed by atoms with Crippen LogP contribution < -0.4 is 10.6 Å². The fourth-order valence-electron chi connectivity index (χ4n) is 1.33. The summed E-state index contributed by atoms with van der Waals surface area (Å²) in [7, 11) is 0. The van der Waals surface area contributed by atoms with Crippen LogP contribution in [0.5, 0.6) is 0 Å². The maximum atomic E-state index is 11.3. The average Bonchev–Trinajstić information content (AvgIpc) is 2.24. The smallest absolute Gasteiger partial charge is 0.314 e. The lowest BCUT2D eigenvalue weighted by Gasteiger charge is -2.10. The van der Waals surface area contributed by atoms with Crippen LogP contribution in [0, 0.1) is 5.92 Å². The molecule has 0 saturated carbocycles. The van der Waals surface area contributed by atoms with E-state index in [0.717, 1.165) is 25.8 Å². The van der Waals surface area contributed by atoms with Crippen LogP contribution in [0.25, 0.3) is 0 Å². The monoisotopic (exact) mass is 230 g/mol. The summed E-state index contributed by atoms with van der Waals surface area (Å²) in [6, 6.07) is -0.132. The predicted octanol–water partition coefficient (Wildman–Crippen LogP) is 1.88. The molecule has 16 heavy (non-hydrogen) atoms. The number of carbonyl (C=O) groups excluding carboxylic acids is 1. The van der Waals surface area contributed by atoms with Gasteiger partial charge in [-0.15, -0.1) is 0 Å². The normalized spacial score (nSPS) is 12.6.